The van der Waals surface area contributed by atoms with Crippen LogP contribution in [0.2, 0.25) is 0 Å². The highest BCUT2D eigenvalue weighted by Gasteiger charge is 2.30. The lowest BCUT2D eigenvalue weighted by Crippen LogP contribution is -2.37. The monoisotopic (exact) mass is 403 g/mol. The fraction of sp³-hybridized carbons (Fsp3) is 0.174. The molecule has 0 atom stereocenters. The number of hydrogen-bond donors (Lipinski definition) is 1. The fourth-order valence-electron chi connectivity index (χ4n) is 3.59. The van der Waals surface area contributed by atoms with Crippen LogP contribution in [0.1, 0.15) is 22.8 Å². The van der Waals surface area contributed by atoms with E-state index in [-0.39, 0.29) is 18.4 Å². The lowest BCUT2D eigenvalue weighted by molar-refractivity contribution is -0.119. The quantitative estimate of drug-likeness (QED) is 0.506. The zero-order valence-electron chi connectivity index (χ0n) is 16.9. The van der Waals surface area contributed by atoms with Gasteiger partial charge in [-0.3, -0.25) is 14.5 Å². The molecule has 30 heavy (non-hydrogen) atoms. The van der Waals surface area contributed by atoms with Gasteiger partial charge < -0.3 is 9.47 Å². The van der Waals surface area contributed by atoms with Gasteiger partial charge in [-0.2, -0.15) is 5.10 Å². The molecule has 3 aromatic carbocycles. The van der Waals surface area contributed by atoms with Crippen molar-refractivity contribution in [2.45, 2.75) is 6.92 Å². The van der Waals surface area contributed by atoms with Crippen molar-refractivity contribution in [1.29, 1.82) is 0 Å². The molecule has 1 heterocycles. The Morgan fingerprint density at radius 3 is 2.50 bits per heavy atom. The average molecular weight is 403 g/mol. The molecule has 0 fully saturated rings. The Bertz CT molecular complexity index is 1180. The highest BCUT2D eigenvalue weighted by atomic mass is 16.5. The number of ether oxygens (including phenoxy) is 2. The van der Waals surface area contributed by atoms with Crippen LogP contribution in [0, 0.1) is 0 Å². The summed E-state index contributed by atoms with van der Waals surface area (Å²) in [7, 11) is 3.12. The summed E-state index contributed by atoms with van der Waals surface area (Å²) in [5, 5.41) is 6.03. The summed E-state index contributed by atoms with van der Waals surface area (Å²) in [6.45, 7) is 1.66. The fourth-order valence-corrected chi connectivity index (χ4v) is 3.59. The van der Waals surface area contributed by atoms with E-state index < -0.39 is 0 Å². The number of amides is 2. The maximum Gasteiger partial charge on any atom is 0.260 e. The topological polar surface area (TPSA) is 80.2 Å². The van der Waals surface area contributed by atoms with Gasteiger partial charge >= 0.3 is 0 Å². The number of anilines is 1. The van der Waals surface area contributed by atoms with Crippen LogP contribution in [-0.4, -0.2) is 38.3 Å². The van der Waals surface area contributed by atoms with E-state index in [0.29, 0.717) is 22.8 Å². The molecule has 0 radical (unpaired) electrons. The van der Waals surface area contributed by atoms with Crippen LogP contribution in [0.25, 0.3) is 10.8 Å². The van der Waals surface area contributed by atoms with E-state index in [0.717, 1.165) is 22.0 Å². The summed E-state index contributed by atoms with van der Waals surface area (Å²) in [5.41, 5.74) is 5.27. The molecule has 4 rings (SSSR count). The normalized spacial score (nSPS) is 13.0. The number of hydrazone groups is 1. The maximum absolute atomic E-state index is 12.8. The molecule has 0 aromatic heterocycles. The first kappa shape index (κ1) is 19.4. The van der Waals surface area contributed by atoms with E-state index in [1.165, 1.54) is 4.90 Å². The number of carbonyl (C=O) groups excluding carboxylic acids is 2. The van der Waals surface area contributed by atoms with Gasteiger partial charge in [-0.15, -0.1) is 0 Å². The summed E-state index contributed by atoms with van der Waals surface area (Å²) in [5.74, 6) is 0.620. The van der Waals surface area contributed by atoms with Crippen LogP contribution in [-0.2, 0) is 4.79 Å². The second kappa shape index (κ2) is 7.87. The Morgan fingerprint density at radius 2 is 1.77 bits per heavy atom. The van der Waals surface area contributed by atoms with Crippen molar-refractivity contribution >= 4 is 34.0 Å². The summed E-state index contributed by atoms with van der Waals surface area (Å²) < 4.78 is 10.5. The summed E-state index contributed by atoms with van der Waals surface area (Å²) in [4.78, 5) is 26.8. The van der Waals surface area contributed by atoms with E-state index in [1.54, 1.807) is 39.3 Å². The van der Waals surface area contributed by atoms with Gasteiger partial charge in [-0.05, 0) is 42.6 Å². The molecule has 0 spiro atoms. The Balaban J connectivity index is 1.49. The van der Waals surface area contributed by atoms with Gasteiger partial charge in [0.1, 0.15) is 6.54 Å². The molecule has 0 aliphatic carbocycles. The van der Waals surface area contributed by atoms with Gasteiger partial charge in [0.05, 0.1) is 25.6 Å². The first-order chi connectivity index (χ1) is 14.5. The smallest absolute Gasteiger partial charge is 0.260 e. The second-order valence-corrected chi connectivity index (χ2v) is 6.87. The maximum atomic E-state index is 12.8. The molecule has 0 unspecified atom stereocenters. The Hall–Kier alpha value is -3.87. The van der Waals surface area contributed by atoms with E-state index in [1.807, 2.05) is 36.4 Å². The minimum Gasteiger partial charge on any atom is -0.493 e. The van der Waals surface area contributed by atoms with E-state index in [4.69, 9.17) is 9.47 Å². The van der Waals surface area contributed by atoms with Gasteiger partial charge in [0.25, 0.3) is 11.8 Å². The van der Waals surface area contributed by atoms with Crippen LogP contribution in [0.3, 0.4) is 0 Å². The van der Waals surface area contributed by atoms with Gasteiger partial charge in [0.2, 0.25) is 0 Å². The van der Waals surface area contributed by atoms with Gasteiger partial charge in [-0.1, -0.05) is 24.3 Å². The predicted octanol–water partition coefficient (Wildman–Crippen LogP) is 3.36. The van der Waals surface area contributed by atoms with Crippen molar-refractivity contribution in [1.82, 2.24) is 5.43 Å². The highest BCUT2D eigenvalue weighted by molar-refractivity contribution is 6.26. The van der Waals surface area contributed by atoms with Crippen LogP contribution < -0.4 is 19.8 Å². The molecule has 1 aliphatic rings. The molecule has 7 heteroatoms. The molecule has 1 aliphatic heterocycles. The highest BCUT2D eigenvalue weighted by Crippen LogP contribution is 2.36. The minimum atomic E-state index is -0.381. The molecule has 152 valence electrons. The standard InChI is InChI=1S/C23H21N3O4/c1-14(16-10-11-19(29-2)20(12-16)30-3)24-25-21(27)13-26-18-9-5-7-15-6-4-8-17(22(15)18)23(26)28/h4-12H,13H2,1-3H3,(H,25,27)/b24-14+. The third-order valence-corrected chi connectivity index (χ3v) is 5.10. The summed E-state index contributed by atoms with van der Waals surface area (Å²) in [6.07, 6.45) is 0. The SMILES string of the molecule is COc1ccc(/C(C)=N/NC(=O)CN2C(=O)c3cccc4cccc2c34)cc1OC. The van der Waals surface area contributed by atoms with Gasteiger partial charge in [0, 0.05) is 16.5 Å². The average Bonchev–Trinajstić information content (AvgIpc) is 3.05. The lowest BCUT2D eigenvalue weighted by atomic mass is 10.1. The number of methoxy groups -OCH3 is 2. The van der Waals surface area contributed by atoms with Crippen molar-refractivity contribution in [3.8, 4) is 11.5 Å². The third-order valence-electron chi connectivity index (χ3n) is 5.10. The molecular weight excluding hydrogens is 382 g/mol. The zero-order chi connectivity index (χ0) is 21.3. The van der Waals surface area contributed by atoms with Crippen molar-refractivity contribution < 1.29 is 19.1 Å². The van der Waals surface area contributed by atoms with Crippen LogP contribution in [0.5, 0.6) is 11.5 Å². The predicted molar refractivity (Wildman–Crippen MR) is 116 cm³/mol. The molecule has 0 bridgehead atoms. The largest absolute Gasteiger partial charge is 0.493 e. The molecule has 0 saturated carbocycles. The molecule has 1 N–H and O–H groups in total. The third kappa shape index (κ3) is 3.34. The molecule has 3 aromatic rings. The minimum absolute atomic E-state index is 0.116. The lowest BCUT2D eigenvalue weighted by Gasteiger charge is -2.16. The number of nitrogens with zero attached hydrogens (tertiary/aromatic N) is 2. The number of hydrogen-bond acceptors (Lipinski definition) is 5. The Kier molecular flexibility index (Phi) is 5.10. The molecular formula is C23H21N3O4. The Morgan fingerprint density at radius 1 is 1.03 bits per heavy atom. The van der Waals surface area contributed by atoms with Crippen LogP contribution in [0.15, 0.2) is 59.7 Å². The molecule has 2 amide bonds. The van der Waals surface area contributed by atoms with Crippen LogP contribution >= 0.6 is 0 Å². The molecule has 0 saturated heterocycles. The van der Waals surface area contributed by atoms with Crippen molar-refractivity contribution in [3.05, 3.63) is 65.7 Å². The van der Waals surface area contributed by atoms with Crippen LogP contribution in [0.4, 0.5) is 5.69 Å². The zero-order valence-corrected chi connectivity index (χ0v) is 16.9. The first-order valence-corrected chi connectivity index (χ1v) is 9.42. The van der Waals surface area contributed by atoms with Gasteiger partial charge in [0.15, 0.2) is 11.5 Å². The number of carbonyl (C=O) groups is 2. The second-order valence-electron chi connectivity index (χ2n) is 6.87. The van der Waals surface area contributed by atoms with E-state index in [9.17, 15) is 9.59 Å². The van der Waals surface area contributed by atoms with E-state index >= 15 is 0 Å². The first-order valence-electron chi connectivity index (χ1n) is 9.42. The number of nitrogens with one attached hydrogen (secondary N) is 1. The summed E-state index contributed by atoms with van der Waals surface area (Å²) in [6, 6.07) is 16.7. The molecule has 7 nitrogen and oxygen atoms in total. The Labute approximate surface area is 173 Å². The summed E-state index contributed by atoms with van der Waals surface area (Å²) >= 11 is 0. The number of benzene rings is 3. The van der Waals surface area contributed by atoms with Crippen molar-refractivity contribution in [3.63, 3.8) is 0 Å². The number of rotatable bonds is 6. The van der Waals surface area contributed by atoms with Crippen molar-refractivity contribution in [2.75, 3.05) is 25.7 Å². The van der Waals surface area contributed by atoms with E-state index in [2.05, 4.69) is 10.5 Å². The van der Waals surface area contributed by atoms with Gasteiger partial charge in [-0.25, -0.2) is 5.43 Å². The van der Waals surface area contributed by atoms with Crippen molar-refractivity contribution in [2.24, 2.45) is 5.10 Å².